The van der Waals surface area contributed by atoms with E-state index >= 15 is 0 Å². The highest BCUT2D eigenvalue weighted by molar-refractivity contribution is 8.22. The molecule has 1 rings (SSSR count). The first kappa shape index (κ1) is 15.2. The molecular formula is C11H21NO2S3. The van der Waals surface area contributed by atoms with Gasteiger partial charge in [-0.2, -0.15) is 0 Å². The van der Waals surface area contributed by atoms with Crippen molar-refractivity contribution in [3.05, 3.63) is 0 Å². The van der Waals surface area contributed by atoms with Crippen LogP contribution in [0.15, 0.2) is 0 Å². The fraction of sp³-hybridized carbons (Fsp3) is 0.909. The molecule has 3 nitrogen and oxygen atoms in total. The van der Waals surface area contributed by atoms with E-state index in [9.17, 15) is 8.42 Å². The molecule has 0 bridgehead atoms. The molecule has 1 saturated heterocycles. The molecule has 0 saturated carbocycles. The molecule has 1 N–H and O–H groups in total. The Hall–Kier alpha value is 0.190. The van der Waals surface area contributed by atoms with Crippen molar-refractivity contribution in [3.63, 3.8) is 0 Å². The van der Waals surface area contributed by atoms with Gasteiger partial charge in [-0.3, -0.25) is 0 Å². The van der Waals surface area contributed by atoms with Crippen LogP contribution in [0.1, 0.15) is 39.0 Å². The third-order valence-electron chi connectivity index (χ3n) is 2.79. The average Bonchev–Trinajstić information content (AvgIpc) is 2.57. The molecule has 0 aromatic carbocycles. The third kappa shape index (κ3) is 6.62. The van der Waals surface area contributed by atoms with Gasteiger partial charge in [0.2, 0.25) is 0 Å². The zero-order valence-corrected chi connectivity index (χ0v) is 12.7. The lowest BCUT2D eigenvalue weighted by Crippen LogP contribution is -2.32. The van der Waals surface area contributed by atoms with Crippen LogP contribution in [0.4, 0.5) is 0 Å². The second kappa shape index (κ2) is 7.59. The molecule has 1 aliphatic rings. The van der Waals surface area contributed by atoms with Crippen LogP contribution < -0.4 is 5.32 Å². The van der Waals surface area contributed by atoms with E-state index < -0.39 is 9.84 Å². The summed E-state index contributed by atoms with van der Waals surface area (Å²) < 4.78 is 23.3. The van der Waals surface area contributed by atoms with Gasteiger partial charge in [0.05, 0.1) is 11.5 Å². The van der Waals surface area contributed by atoms with Gasteiger partial charge in [0.1, 0.15) is 4.32 Å². The molecule has 0 aliphatic carbocycles. The van der Waals surface area contributed by atoms with Crippen molar-refractivity contribution in [1.82, 2.24) is 5.32 Å². The van der Waals surface area contributed by atoms with Crippen LogP contribution >= 0.6 is 24.0 Å². The average molecular weight is 295 g/mol. The topological polar surface area (TPSA) is 46.2 Å². The molecule has 1 unspecified atom stereocenters. The van der Waals surface area contributed by atoms with Crippen LogP contribution in [-0.2, 0) is 9.84 Å². The fourth-order valence-electron chi connectivity index (χ4n) is 1.81. The van der Waals surface area contributed by atoms with Gasteiger partial charge in [-0.1, -0.05) is 50.2 Å². The molecule has 100 valence electrons. The summed E-state index contributed by atoms with van der Waals surface area (Å²) in [5, 5.41) is 3.14. The first-order chi connectivity index (χ1) is 8.03. The number of thiocarbonyl (C=S) groups is 1. The Labute approximate surface area is 114 Å². The van der Waals surface area contributed by atoms with Gasteiger partial charge in [0.15, 0.2) is 9.84 Å². The molecule has 0 aromatic heterocycles. The Balaban J connectivity index is 2.09. The maximum absolute atomic E-state index is 11.3. The quantitative estimate of drug-likeness (QED) is 0.602. The number of thioether (sulfide) groups is 1. The summed E-state index contributed by atoms with van der Waals surface area (Å²) in [5.41, 5.74) is 0. The summed E-state index contributed by atoms with van der Waals surface area (Å²) in [6, 6.07) is 0.0376. The van der Waals surface area contributed by atoms with Crippen molar-refractivity contribution in [2.24, 2.45) is 0 Å². The molecular weight excluding hydrogens is 274 g/mol. The van der Waals surface area contributed by atoms with Gasteiger partial charge in [-0.25, -0.2) is 8.42 Å². The largest absolute Gasteiger partial charge is 0.367 e. The molecule has 1 aliphatic heterocycles. The zero-order valence-electron chi connectivity index (χ0n) is 10.3. The normalized spacial score (nSPS) is 22.5. The lowest BCUT2D eigenvalue weighted by atomic mass is 10.2. The molecule has 17 heavy (non-hydrogen) atoms. The van der Waals surface area contributed by atoms with Crippen molar-refractivity contribution in [3.8, 4) is 0 Å². The van der Waals surface area contributed by atoms with E-state index in [4.69, 9.17) is 12.2 Å². The van der Waals surface area contributed by atoms with Gasteiger partial charge in [0.25, 0.3) is 0 Å². The minimum Gasteiger partial charge on any atom is -0.367 e. The highest BCUT2D eigenvalue weighted by Gasteiger charge is 2.28. The van der Waals surface area contributed by atoms with E-state index in [0.29, 0.717) is 12.2 Å². The maximum Gasteiger partial charge on any atom is 0.152 e. The summed E-state index contributed by atoms with van der Waals surface area (Å²) in [7, 11) is -2.80. The van der Waals surface area contributed by atoms with Gasteiger partial charge in [-0.15, -0.1) is 0 Å². The Morgan fingerprint density at radius 1 is 1.41 bits per heavy atom. The Morgan fingerprint density at radius 2 is 2.18 bits per heavy atom. The lowest BCUT2D eigenvalue weighted by Gasteiger charge is -2.12. The van der Waals surface area contributed by atoms with E-state index in [-0.39, 0.29) is 11.8 Å². The molecule has 1 heterocycles. The second-order valence-electron chi connectivity index (χ2n) is 4.44. The molecule has 0 aromatic rings. The second-order valence-corrected chi connectivity index (χ2v) is 8.44. The number of rotatable bonds is 6. The van der Waals surface area contributed by atoms with E-state index in [2.05, 4.69) is 12.2 Å². The summed E-state index contributed by atoms with van der Waals surface area (Å²) in [6.45, 7) is 2.19. The predicted octanol–water partition coefficient (Wildman–Crippen LogP) is 2.36. The number of sulfone groups is 1. The zero-order chi connectivity index (χ0) is 12.7. The van der Waals surface area contributed by atoms with Gasteiger partial charge < -0.3 is 5.32 Å². The minimum atomic E-state index is -2.80. The van der Waals surface area contributed by atoms with Gasteiger partial charge in [-0.05, 0) is 12.8 Å². The molecule has 6 heteroatoms. The van der Waals surface area contributed by atoms with Crippen molar-refractivity contribution in [2.45, 2.75) is 45.1 Å². The van der Waals surface area contributed by atoms with Crippen LogP contribution in [0.25, 0.3) is 0 Å². The monoisotopic (exact) mass is 295 g/mol. The summed E-state index contributed by atoms with van der Waals surface area (Å²) in [5.74, 6) is 1.57. The molecule has 0 amide bonds. The number of nitrogens with one attached hydrogen (secondary N) is 1. The maximum atomic E-state index is 11.3. The molecule has 1 fully saturated rings. The van der Waals surface area contributed by atoms with Crippen LogP contribution in [0.5, 0.6) is 0 Å². The highest BCUT2D eigenvalue weighted by Crippen LogP contribution is 2.14. The standard InChI is InChI=1S/C11H21NO2S3/c1-2-3-4-5-7-16-11(15)12-10-6-8-17(13,14)9-10/h10H,2-9H2,1H3,(H,12,15). The summed E-state index contributed by atoms with van der Waals surface area (Å²) >= 11 is 6.84. The molecule has 1 atom stereocenters. The molecule has 0 radical (unpaired) electrons. The molecule has 0 spiro atoms. The Bertz CT molecular complexity index is 341. The van der Waals surface area contributed by atoms with Crippen LogP contribution in [0.3, 0.4) is 0 Å². The first-order valence-corrected chi connectivity index (χ1v) is 9.39. The summed E-state index contributed by atoms with van der Waals surface area (Å²) in [4.78, 5) is 0. The van der Waals surface area contributed by atoms with E-state index in [1.807, 2.05) is 0 Å². The highest BCUT2D eigenvalue weighted by atomic mass is 32.2. The number of hydrogen-bond donors (Lipinski definition) is 1. The Kier molecular flexibility index (Phi) is 6.80. The predicted molar refractivity (Wildman–Crippen MR) is 79.4 cm³/mol. The van der Waals surface area contributed by atoms with E-state index in [1.165, 1.54) is 25.7 Å². The number of hydrogen-bond acceptors (Lipinski definition) is 4. The van der Waals surface area contributed by atoms with E-state index in [0.717, 1.165) is 10.1 Å². The summed E-state index contributed by atoms with van der Waals surface area (Å²) in [6.07, 6.45) is 5.65. The first-order valence-electron chi connectivity index (χ1n) is 6.17. The fourth-order valence-corrected chi connectivity index (χ4v) is 4.68. The minimum absolute atomic E-state index is 0.0376. The smallest absolute Gasteiger partial charge is 0.152 e. The Morgan fingerprint density at radius 3 is 2.76 bits per heavy atom. The van der Waals surface area contributed by atoms with Crippen LogP contribution in [0, 0.1) is 0 Å². The van der Waals surface area contributed by atoms with Crippen LogP contribution in [0.2, 0.25) is 0 Å². The van der Waals surface area contributed by atoms with Gasteiger partial charge >= 0.3 is 0 Å². The van der Waals surface area contributed by atoms with Gasteiger partial charge in [0, 0.05) is 11.8 Å². The van der Waals surface area contributed by atoms with Crippen molar-refractivity contribution >= 4 is 38.1 Å². The SMILES string of the molecule is CCCCCCSC(=S)NC1CCS(=O)(=O)C1. The number of unbranched alkanes of at least 4 members (excludes halogenated alkanes) is 3. The van der Waals surface area contributed by atoms with E-state index in [1.54, 1.807) is 11.8 Å². The van der Waals surface area contributed by atoms with Crippen molar-refractivity contribution in [2.75, 3.05) is 17.3 Å². The lowest BCUT2D eigenvalue weighted by molar-refractivity contribution is 0.600. The van der Waals surface area contributed by atoms with Crippen LogP contribution in [-0.4, -0.2) is 36.0 Å². The van der Waals surface area contributed by atoms with Crippen molar-refractivity contribution < 1.29 is 8.42 Å². The van der Waals surface area contributed by atoms with Crippen molar-refractivity contribution in [1.29, 1.82) is 0 Å². The third-order valence-corrected chi connectivity index (χ3v) is 5.90.